The lowest BCUT2D eigenvalue weighted by atomic mass is 10.1. The molecule has 29 heavy (non-hydrogen) atoms. The highest BCUT2D eigenvalue weighted by Gasteiger charge is 2.35. The summed E-state index contributed by atoms with van der Waals surface area (Å²) in [5.41, 5.74) is 2.69. The second-order valence-corrected chi connectivity index (χ2v) is 10.4. The Labute approximate surface area is 181 Å². The lowest BCUT2D eigenvalue weighted by Gasteiger charge is -2.29. The van der Waals surface area contributed by atoms with Crippen LogP contribution in [0.5, 0.6) is 0 Å². The monoisotopic (exact) mass is 478 g/mol. The molecule has 0 aliphatic carbocycles. The van der Waals surface area contributed by atoms with Gasteiger partial charge in [-0.1, -0.05) is 24.3 Å². The van der Waals surface area contributed by atoms with Gasteiger partial charge >= 0.3 is 0 Å². The molecule has 0 radical (unpaired) electrons. The van der Waals surface area contributed by atoms with Crippen LogP contribution < -0.4 is 4.90 Å². The maximum atomic E-state index is 13.3. The molecule has 1 saturated heterocycles. The molecule has 1 heterocycles. The van der Waals surface area contributed by atoms with E-state index in [1.54, 1.807) is 11.0 Å². The molecule has 2 aromatic rings. The van der Waals surface area contributed by atoms with Crippen molar-refractivity contribution >= 4 is 37.4 Å². The summed E-state index contributed by atoms with van der Waals surface area (Å²) < 4.78 is 24.8. The molecule has 1 aliphatic rings. The average Bonchev–Trinajstić information content (AvgIpc) is 3.07. The zero-order chi connectivity index (χ0) is 21.0. The zero-order valence-electron chi connectivity index (χ0n) is 16.8. The fraction of sp³-hybridized carbons (Fsp3) is 0.409. The smallest absolute Gasteiger partial charge is 0.255 e. The Morgan fingerprint density at radius 1 is 1.07 bits per heavy atom. The molecule has 0 spiro atoms. The maximum absolute atomic E-state index is 13.3. The van der Waals surface area contributed by atoms with Crippen LogP contribution >= 0.6 is 15.9 Å². The Morgan fingerprint density at radius 3 is 2.28 bits per heavy atom. The second-order valence-electron chi connectivity index (χ2n) is 7.31. The Kier molecular flexibility index (Phi) is 7.01. The quantitative estimate of drug-likeness (QED) is 0.600. The number of rotatable bonds is 7. The highest BCUT2D eigenvalue weighted by molar-refractivity contribution is 9.10. The topological polar surface area (TPSA) is 57.7 Å². The van der Waals surface area contributed by atoms with Crippen molar-refractivity contribution in [3.05, 3.63) is 64.1 Å². The lowest BCUT2D eigenvalue weighted by molar-refractivity contribution is 0.0680. The van der Waals surface area contributed by atoms with E-state index >= 15 is 0 Å². The first-order chi connectivity index (χ1) is 13.8. The third-order valence-corrected chi connectivity index (χ3v) is 7.87. The van der Waals surface area contributed by atoms with Crippen LogP contribution in [0.4, 0.5) is 5.69 Å². The molecule has 156 valence electrons. The summed E-state index contributed by atoms with van der Waals surface area (Å²) in [7, 11) is -3.10. The van der Waals surface area contributed by atoms with Gasteiger partial charge in [0.15, 0.2) is 9.84 Å². The van der Waals surface area contributed by atoms with E-state index in [1.165, 1.54) is 0 Å². The minimum Gasteiger partial charge on any atom is -0.372 e. The van der Waals surface area contributed by atoms with Crippen molar-refractivity contribution in [3.8, 4) is 0 Å². The van der Waals surface area contributed by atoms with Crippen LogP contribution in [-0.4, -0.2) is 49.9 Å². The summed E-state index contributed by atoms with van der Waals surface area (Å²) in [6.45, 7) is 6.50. The van der Waals surface area contributed by atoms with E-state index in [9.17, 15) is 13.2 Å². The largest absolute Gasteiger partial charge is 0.372 e. The van der Waals surface area contributed by atoms with E-state index in [-0.39, 0.29) is 23.5 Å². The van der Waals surface area contributed by atoms with Gasteiger partial charge < -0.3 is 9.80 Å². The molecule has 1 fully saturated rings. The van der Waals surface area contributed by atoms with Gasteiger partial charge in [-0.2, -0.15) is 0 Å². The van der Waals surface area contributed by atoms with Gasteiger partial charge in [-0.25, -0.2) is 8.42 Å². The third kappa shape index (κ3) is 5.20. The average molecular weight is 479 g/mol. The SMILES string of the molecule is CCN(CC)c1ccc(CN(C(=O)c2ccccc2Br)C2CCS(=O)(=O)C2)cc1. The predicted molar refractivity (Wildman–Crippen MR) is 121 cm³/mol. The molecule has 0 bridgehead atoms. The summed E-state index contributed by atoms with van der Waals surface area (Å²) in [6, 6.07) is 15.2. The Morgan fingerprint density at radius 2 is 1.72 bits per heavy atom. The standard InChI is InChI=1S/C22H27BrN2O3S/c1-3-24(4-2)18-11-9-17(10-12-18)15-25(19-13-14-29(27,28)16-19)22(26)20-7-5-6-8-21(20)23/h5-12,19H,3-4,13-16H2,1-2H3. The van der Waals surface area contributed by atoms with Gasteiger partial charge in [0.25, 0.3) is 5.91 Å². The molecule has 0 aromatic heterocycles. The number of nitrogens with zero attached hydrogens (tertiary/aromatic N) is 2. The van der Waals surface area contributed by atoms with Gasteiger partial charge in [0, 0.05) is 35.8 Å². The molecule has 2 aromatic carbocycles. The van der Waals surface area contributed by atoms with E-state index < -0.39 is 9.84 Å². The molecule has 7 heteroatoms. The molecule has 5 nitrogen and oxygen atoms in total. The summed E-state index contributed by atoms with van der Waals surface area (Å²) >= 11 is 3.45. The van der Waals surface area contributed by atoms with E-state index in [4.69, 9.17) is 0 Å². The highest BCUT2D eigenvalue weighted by Crippen LogP contribution is 2.26. The molecule has 0 N–H and O–H groups in total. The normalized spacial score (nSPS) is 17.8. The molecule has 0 saturated carbocycles. The van der Waals surface area contributed by atoms with Gasteiger partial charge in [-0.3, -0.25) is 4.79 Å². The molecule has 1 amide bonds. The molecule has 1 unspecified atom stereocenters. The number of anilines is 1. The fourth-order valence-electron chi connectivity index (χ4n) is 3.77. The van der Waals surface area contributed by atoms with Crippen molar-refractivity contribution in [1.29, 1.82) is 0 Å². The number of carbonyl (C=O) groups is 1. The van der Waals surface area contributed by atoms with Crippen molar-refractivity contribution in [2.45, 2.75) is 32.9 Å². The second kappa shape index (κ2) is 9.30. The zero-order valence-corrected chi connectivity index (χ0v) is 19.2. The number of halogens is 1. The Bertz CT molecular complexity index is 956. The third-order valence-electron chi connectivity index (χ3n) is 5.43. The van der Waals surface area contributed by atoms with Gasteiger partial charge in [-0.05, 0) is 66.0 Å². The van der Waals surface area contributed by atoms with Crippen molar-refractivity contribution in [1.82, 2.24) is 4.90 Å². The van der Waals surface area contributed by atoms with E-state index in [0.717, 1.165) is 24.3 Å². The van der Waals surface area contributed by atoms with Crippen molar-refractivity contribution < 1.29 is 13.2 Å². The fourth-order valence-corrected chi connectivity index (χ4v) is 5.96. The molecule has 3 rings (SSSR count). The van der Waals surface area contributed by atoms with Gasteiger partial charge in [-0.15, -0.1) is 0 Å². The van der Waals surface area contributed by atoms with Crippen LogP contribution in [0.25, 0.3) is 0 Å². The number of sulfone groups is 1. The highest BCUT2D eigenvalue weighted by atomic mass is 79.9. The minimum atomic E-state index is -3.10. The Hall–Kier alpha value is -1.86. The van der Waals surface area contributed by atoms with E-state index in [1.807, 2.05) is 30.3 Å². The first kappa shape index (κ1) is 21.8. The lowest BCUT2D eigenvalue weighted by Crippen LogP contribution is -2.40. The minimum absolute atomic E-state index is 0.0285. The van der Waals surface area contributed by atoms with Crippen LogP contribution in [0, 0.1) is 0 Å². The predicted octanol–water partition coefficient (Wildman–Crippen LogP) is 4.12. The van der Waals surface area contributed by atoms with Gasteiger partial charge in [0.2, 0.25) is 0 Å². The summed E-state index contributed by atoms with van der Waals surface area (Å²) in [5, 5.41) is 0. The summed E-state index contributed by atoms with van der Waals surface area (Å²) in [6.07, 6.45) is 0.482. The van der Waals surface area contributed by atoms with Crippen LogP contribution in [0.15, 0.2) is 53.0 Å². The van der Waals surface area contributed by atoms with Gasteiger partial charge in [0.05, 0.1) is 17.1 Å². The summed E-state index contributed by atoms with van der Waals surface area (Å²) in [4.78, 5) is 17.3. The van der Waals surface area contributed by atoms with Crippen LogP contribution in [0.1, 0.15) is 36.2 Å². The molecular weight excluding hydrogens is 452 g/mol. The van der Waals surface area contributed by atoms with Crippen LogP contribution in [0.2, 0.25) is 0 Å². The van der Waals surface area contributed by atoms with Crippen LogP contribution in [-0.2, 0) is 16.4 Å². The summed E-state index contributed by atoms with van der Waals surface area (Å²) in [5.74, 6) is 0.0198. The van der Waals surface area contributed by atoms with Crippen molar-refractivity contribution in [2.24, 2.45) is 0 Å². The van der Waals surface area contributed by atoms with Crippen LogP contribution in [0.3, 0.4) is 0 Å². The maximum Gasteiger partial charge on any atom is 0.255 e. The number of hydrogen-bond donors (Lipinski definition) is 0. The van der Waals surface area contributed by atoms with E-state index in [2.05, 4.69) is 46.8 Å². The molecule has 1 aliphatic heterocycles. The number of carbonyl (C=O) groups excluding carboxylic acids is 1. The first-order valence-corrected chi connectivity index (χ1v) is 12.6. The molecule has 1 atom stereocenters. The first-order valence-electron chi connectivity index (χ1n) is 9.94. The number of amides is 1. The number of hydrogen-bond acceptors (Lipinski definition) is 4. The van der Waals surface area contributed by atoms with E-state index in [0.29, 0.717) is 23.0 Å². The van der Waals surface area contributed by atoms with Crippen molar-refractivity contribution in [3.63, 3.8) is 0 Å². The van der Waals surface area contributed by atoms with Gasteiger partial charge in [0.1, 0.15) is 0 Å². The molecular formula is C22H27BrN2O3S. The Balaban J connectivity index is 1.88. The van der Waals surface area contributed by atoms with Crippen molar-refractivity contribution in [2.75, 3.05) is 29.5 Å². The number of benzene rings is 2.